The zero-order chi connectivity index (χ0) is 15.6. The summed E-state index contributed by atoms with van der Waals surface area (Å²) in [5.74, 6) is 0. The van der Waals surface area contributed by atoms with Gasteiger partial charge in [0.1, 0.15) is 9.84 Å². The van der Waals surface area contributed by atoms with E-state index in [0.717, 1.165) is 0 Å². The van der Waals surface area contributed by atoms with Crippen molar-refractivity contribution in [2.75, 3.05) is 24.7 Å². The smallest absolute Gasteiger partial charge is 0.321 e. The average Bonchev–Trinajstić information content (AvgIpc) is 2.42. The Morgan fingerprint density at radius 3 is 2.38 bits per heavy atom. The number of likely N-dealkylation sites (tertiary alicyclic amines) is 1. The number of carbonyl (C=O) groups is 1. The van der Waals surface area contributed by atoms with Gasteiger partial charge in [0.05, 0.1) is 15.3 Å². The highest BCUT2D eigenvalue weighted by atomic mass is 35.5. The SMILES string of the molecule is CS(=O)(=O)C1CCN(C(=O)Nc2ccc(Cl)c(Cl)c2)CC1. The van der Waals surface area contributed by atoms with Crippen LogP contribution in [0.3, 0.4) is 0 Å². The van der Waals surface area contributed by atoms with Gasteiger partial charge in [-0.25, -0.2) is 13.2 Å². The third-order valence-corrected chi connectivity index (χ3v) is 5.93. The molecule has 0 unspecified atom stereocenters. The number of hydrogen-bond donors (Lipinski definition) is 1. The maximum Gasteiger partial charge on any atom is 0.321 e. The van der Waals surface area contributed by atoms with Crippen molar-refractivity contribution in [3.63, 3.8) is 0 Å². The number of benzene rings is 1. The lowest BCUT2D eigenvalue weighted by atomic mass is 10.1. The first kappa shape index (κ1) is 16.4. The molecule has 1 saturated heterocycles. The molecule has 0 spiro atoms. The standard InChI is InChI=1S/C13H16Cl2N2O3S/c1-21(19,20)10-4-6-17(7-5-10)13(18)16-9-2-3-11(14)12(15)8-9/h2-3,8,10H,4-7H2,1H3,(H,16,18). The van der Waals surface area contributed by atoms with Gasteiger partial charge in [-0.15, -0.1) is 0 Å². The number of hydrogen-bond acceptors (Lipinski definition) is 3. The number of anilines is 1. The zero-order valence-electron chi connectivity index (χ0n) is 11.5. The highest BCUT2D eigenvalue weighted by Crippen LogP contribution is 2.25. The summed E-state index contributed by atoms with van der Waals surface area (Å²) in [5, 5.41) is 3.16. The molecule has 0 aliphatic carbocycles. The molecule has 5 nitrogen and oxygen atoms in total. The van der Waals surface area contributed by atoms with Crippen LogP contribution in [-0.2, 0) is 9.84 Å². The molecule has 0 atom stereocenters. The number of amides is 2. The van der Waals surface area contributed by atoms with Crippen molar-refractivity contribution in [1.29, 1.82) is 0 Å². The first-order valence-corrected chi connectivity index (χ1v) is 9.18. The second kappa shape index (κ2) is 6.42. The quantitative estimate of drug-likeness (QED) is 0.891. The van der Waals surface area contributed by atoms with E-state index in [9.17, 15) is 13.2 Å². The van der Waals surface area contributed by atoms with Gasteiger partial charge in [-0.2, -0.15) is 0 Å². The van der Waals surface area contributed by atoms with Crippen LogP contribution in [0.25, 0.3) is 0 Å². The average molecular weight is 351 g/mol. The van der Waals surface area contributed by atoms with Crippen molar-refractivity contribution in [3.05, 3.63) is 28.2 Å². The van der Waals surface area contributed by atoms with Crippen LogP contribution in [0.2, 0.25) is 10.0 Å². The summed E-state index contributed by atoms with van der Waals surface area (Å²) in [6.45, 7) is 0.843. The molecule has 1 aromatic rings. The Bertz CT molecular complexity index is 641. The lowest BCUT2D eigenvalue weighted by molar-refractivity contribution is 0.200. The van der Waals surface area contributed by atoms with E-state index in [2.05, 4.69) is 5.32 Å². The first-order chi connectivity index (χ1) is 9.77. The van der Waals surface area contributed by atoms with Gasteiger partial charge in [-0.1, -0.05) is 23.2 Å². The van der Waals surface area contributed by atoms with Gasteiger partial charge in [0.15, 0.2) is 0 Å². The number of nitrogens with one attached hydrogen (secondary N) is 1. The number of sulfone groups is 1. The van der Waals surface area contributed by atoms with Crippen LogP contribution in [0.5, 0.6) is 0 Å². The molecular formula is C13H16Cl2N2O3S. The van der Waals surface area contributed by atoms with Crippen molar-refractivity contribution in [2.24, 2.45) is 0 Å². The molecule has 2 amide bonds. The van der Waals surface area contributed by atoms with Crippen LogP contribution in [0.1, 0.15) is 12.8 Å². The van der Waals surface area contributed by atoms with Gasteiger partial charge >= 0.3 is 6.03 Å². The van der Waals surface area contributed by atoms with Gasteiger partial charge < -0.3 is 10.2 Å². The van der Waals surface area contributed by atoms with E-state index in [4.69, 9.17) is 23.2 Å². The molecule has 116 valence electrons. The summed E-state index contributed by atoms with van der Waals surface area (Å²) >= 11 is 11.7. The summed E-state index contributed by atoms with van der Waals surface area (Å²) in [7, 11) is -3.03. The van der Waals surface area contributed by atoms with Crippen LogP contribution < -0.4 is 5.32 Å². The molecule has 1 N–H and O–H groups in total. The molecule has 21 heavy (non-hydrogen) atoms. The van der Waals surface area contributed by atoms with Crippen LogP contribution in [0.4, 0.5) is 10.5 Å². The van der Waals surface area contributed by atoms with Gasteiger partial charge in [0.25, 0.3) is 0 Å². The second-order valence-corrected chi connectivity index (χ2v) is 8.22. The Hall–Kier alpha value is -0.980. The first-order valence-electron chi connectivity index (χ1n) is 6.47. The fraction of sp³-hybridized carbons (Fsp3) is 0.462. The fourth-order valence-corrected chi connectivity index (χ4v) is 3.63. The highest BCUT2D eigenvalue weighted by molar-refractivity contribution is 7.91. The molecule has 1 heterocycles. The summed E-state index contributed by atoms with van der Waals surface area (Å²) in [4.78, 5) is 13.7. The van der Waals surface area contributed by atoms with Gasteiger partial charge in [-0.05, 0) is 31.0 Å². The largest absolute Gasteiger partial charge is 0.324 e. The van der Waals surface area contributed by atoms with Crippen LogP contribution in [0, 0.1) is 0 Å². The van der Waals surface area contributed by atoms with Crippen molar-refractivity contribution in [1.82, 2.24) is 4.90 Å². The van der Waals surface area contributed by atoms with E-state index in [-0.39, 0.29) is 11.3 Å². The minimum Gasteiger partial charge on any atom is -0.324 e. The Balaban J connectivity index is 1.95. The van der Waals surface area contributed by atoms with Gasteiger partial charge in [-0.3, -0.25) is 0 Å². The monoisotopic (exact) mass is 350 g/mol. The fourth-order valence-electron chi connectivity index (χ4n) is 2.26. The highest BCUT2D eigenvalue weighted by Gasteiger charge is 2.28. The number of nitrogens with zero attached hydrogens (tertiary/aromatic N) is 1. The van der Waals surface area contributed by atoms with E-state index >= 15 is 0 Å². The molecule has 0 aromatic heterocycles. The minimum absolute atomic E-state index is 0.264. The normalized spacial score (nSPS) is 16.8. The number of halogens is 2. The molecule has 8 heteroatoms. The summed E-state index contributed by atoms with van der Waals surface area (Å²) < 4.78 is 23.0. The predicted octanol–water partition coefficient (Wildman–Crippen LogP) is 3.03. The van der Waals surface area contributed by atoms with Gasteiger partial charge in [0, 0.05) is 25.0 Å². The van der Waals surface area contributed by atoms with Crippen molar-refractivity contribution in [2.45, 2.75) is 18.1 Å². The zero-order valence-corrected chi connectivity index (χ0v) is 13.8. The molecule has 2 rings (SSSR count). The lowest BCUT2D eigenvalue weighted by Crippen LogP contribution is -2.44. The maximum atomic E-state index is 12.1. The Morgan fingerprint density at radius 2 is 1.86 bits per heavy atom. The lowest BCUT2D eigenvalue weighted by Gasteiger charge is -2.31. The van der Waals surface area contributed by atoms with E-state index < -0.39 is 9.84 Å². The van der Waals surface area contributed by atoms with E-state index in [1.54, 1.807) is 23.1 Å². The number of carbonyl (C=O) groups excluding carboxylic acids is 1. The van der Waals surface area contributed by atoms with Crippen molar-refractivity contribution >= 4 is 44.8 Å². The van der Waals surface area contributed by atoms with Crippen LogP contribution in [0.15, 0.2) is 18.2 Å². The number of piperidine rings is 1. The topological polar surface area (TPSA) is 66.5 Å². The molecule has 1 aliphatic heterocycles. The number of urea groups is 1. The van der Waals surface area contributed by atoms with Crippen molar-refractivity contribution < 1.29 is 13.2 Å². The molecule has 1 aliphatic rings. The Kier molecular flexibility index (Phi) is 5.01. The minimum atomic E-state index is -3.03. The van der Waals surface area contributed by atoms with E-state index in [1.807, 2.05) is 0 Å². The third kappa shape index (κ3) is 4.25. The molecule has 0 bridgehead atoms. The predicted molar refractivity (Wildman–Crippen MR) is 84.9 cm³/mol. The summed E-state index contributed by atoms with van der Waals surface area (Å²) in [5.41, 5.74) is 0.555. The van der Waals surface area contributed by atoms with E-state index in [1.165, 1.54) is 6.26 Å². The molecule has 1 aromatic carbocycles. The van der Waals surface area contributed by atoms with Gasteiger partial charge in [0.2, 0.25) is 0 Å². The Morgan fingerprint density at radius 1 is 1.24 bits per heavy atom. The number of rotatable bonds is 2. The Labute approximate surface area is 134 Å². The summed E-state index contributed by atoms with van der Waals surface area (Å²) in [6.07, 6.45) is 2.17. The van der Waals surface area contributed by atoms with Crippen LogP contribution >= 0.6 is 23.2 Å². The molecule has 0 radical (unpaired) electrons. The molecule has 1 fully saturated rings. The van der Waals surface area contributed by atoms with Crippen molar-refractivity contribution in [3.8, 4) is 0 Å². The summed E-state index contributed by atoms with van der Waals surface area (Å²) in [6, 6.07) is 4.58. The molecule has 0 saturated carbocycles. The maximum absolute atomic E-state index is 12.1. The third-order valence-electron chi connectivity index (χ3n) is 3.51. The molecular weight excluding hydrogens is 335 g/mol. The van der Waals surface area contributed by atoms with Crippen LogP contribution in [-0.4, -0.2) is 43.9 Å². The van der Waals surface area contributed by atoms with E-state index in [0.29, 0.717) is 41.7 Å². The second-order valence-electron chi connectivity index (χ2n) is 5.07.